The molecule has 1 fully saturated rings. The van der Waals surface area contributed by atoms with E-state index in [2.05, 4.69) is 5.32 Å². The predicted octanol–water partition coefficient (Wildman–Crippen LogP) is 2.87. The van der Waals surface area contributed by atoms with Crippen LogP contribution in [0.2, 0.25) is 0 Å². The summed E-state index contributed by atoms with van der Waals surface area (Å²) in [7, 11) is 1.59. The number of urea groups is 1. The molecular weight excluding hydrogens is 369 g/mol. The lowest BCUT2D eigenvalue weighted by molar-refractivity contribution is -0.139. The molecule has 1 saturated heterocycles. The molecule has 0 bridgehead atoms. The van der Waals surface area contributed by atoms with Gasteiger partial charge in [0.05, 0.1) is 6.04 Å². The summed E-state index contributed by atoms with van der Waals surface area (Å²) in [6.07, 6.45) is 0. The highest BCUT2D eigenvalue weighted by molar-refractivity contribution is 7.10. The van der Waals surface area contributed by atoms with Crippen LogP contribution in [0.25, 0.3) is 0 Å². The van der Waals surface area contributed by atoms with Crippen molar-refractivity contribution in [2.75, 3.05) is 13.6 Å². The van der Waals surface area contributed by atoms with E-state index in [1.54, 1.807) is 45.2 Å². The fraction of sp³-hybridized carbons (Fsp3) is 0.316. The van der Waals surface area contributed by atoms with Crippen molar-refractivity contribution in [3.8, 4) is 0 Å². The number of rotatable bonds is 5. The Morgan fingerprint density at radius 3 is 2.56 bits per heavy atom. The summed E-state index contributed by atoms with van der Waals surface area (Å²) in [5, 5.41) is 4.50. The first kappa shape index (κ1) is 19.0. The topological polar surface area (TPSA) is 69.7 Å². The van der Waals surface area contributed by atoms with Crippen molar-refractivity contribution in [2.45, 2.75) is 25.4 Å². The Labute approximate surface area is 160 Å². The molecular formula is C19H20FN3O3S. The Morgan fingerprint density at radius 1 is 1.30 bits per heavy atom. The Kier molecular flexibility index (Phi) is 5.01. The van der Waals surface area contributed by atoms with E-state index in [9.17, 15) is 18.8 Å². The average molecular weight is 389 g/mol. The quantitative estimate of drug-likeness (QED) is 0.800. The molecule has 0 aliphatic carbocycles. The summed E-state index contributed by atoms with van der Waals surface area (Å²) in [6.45, 7) is 3.08. The van der Waals surface area contributed by atoms with Crippen LogP contribution in [0.4, 0.5) is 9.18 Å². The highest BCUT2D eigenvalue weighted by atomic mass is 32.1. The molecule has 142 valence electrons. The monoisotopic (exact) mass is 389 g/mol. The van der Waals surface area contributed by atoms with Crippen LogP contribution in [0.15, 0.2) is 41.8 Å². The van der Waals surface area contributed by atoms with Gasteiger partial charge in [0.1, 0.15) is 12.4 Å². The van der Waals surface area contributed by atoms with Gasteiger partial charge < -0.3 is 10.2 Å². The van der Waals surface area contributed by atoms with Crippen LogP contribution in [-0.4, -0.2) is 41.2 Å². The van der Waals surface area contributed by atoms with Crippen LogP contribution in [-0.2, 0) is 15.1 Å². The molecule has 0 radical (unpaired) electrons. The first-order valence-corrected chi connectivity index (χ1v) is 9.31. The summed E-state index contributed by atoms with van der Waals surface area (Å²) in [4.78, 5) is 40.9. The number of hydrogen-bond donors (Lipinski definition) is 1. The molecule has 27 heavy (non-hydrogen) atoms. The van der Waals surface area contributed by atoms with E-state index in [0.29, 0.717) is 4.88 Å². The third-order valence-electron chi connectivity index (χ3n) is 4.91. The second-order valence-corrected chi connectivity index (χ2v) is 7.60. The molecule has 8 heteroatoms. The van der Waals surface area contributed by atoms with E-state index in [1.807, 2.05) is 5.38 Å². The number of carbonyl (C=O) groups excluding carboxylic acids is 3. The summed E-state index contributed by atoms with van der Waals surface area (Å²) in [6, 6.07) is 8.52. The molecule has 2 unspecified atom stereocenters. The lowest BCUT2D eigenvalue weighted by Gasteiger charge is -2.27. The van der Waals surface area contributed by atoms with Gasteiger partial charge in [-0.1, -0.05) is 18.2 Å². The minimum absolute atomic E-state index is 0.331. The minimum Gasteiger partial charge on any atom is -0.337 e. The Hall–Kier alpha value is -2.74. The van der Waals surface area contributed by atoms with Crippen molar-refractivity contribution in [1.29, 1.82) is 0 Å². The van der Waals surface area contributed by atoms with Crippen molar-refractivity contribution >= 4 is 29.2 Å². The maximum atomic E-state index is 13.1. The average Bonchev–Trinajstić information content (AvgIpc) is 3.25. The second-order valence-electron chi connectivity index (χ2n) is 6.66. The first-order chi connectivity index (χ1) is 12.7. The zero-order valence-electron chi connectivity index (χ0n) is 15.2. The Bertz CT molecular complexity index is 869. The van der Waals surface area contributed by atoms with Crippen LogP contribution >= 0.6 is 11.3 Å². The van der Waals surface area contributed by atoms with Crippen LogP contribution in [0, 0.1) is 5.82 Å². The molecule has 0 spiro atoms. The van der Waals surface area contributed by atoms with Gasteiger partial charge in [-0.2, -0.15) is 0 Å². The van der Waals surface area contributed by atoms with E-state index in [1.165, 1.54) is 28.4 Å². The maximum Gasteiger partial charge on any atom is 0.325 e. The minimum atomic E-state index is -1.16. The third kappa shape index (κ3) is 3.44. The summed E-state index contributed by atoms with van der Waals surface area (Å²) in [5.74, 6) is -1.19. The maximum absolute atomic E-state index is 13.1. The molecule has 2 aromatic rings. The van der Waals surface area contributed by atoms with Gasteiger partial charge in [0.15, 0.2) is 5.54 Å². The summed E-state index contributed by atoms with van der Waals surface area (Å²) >= 11 is 1.37. The Morgan fingerprint density at radius 2 is 1.96 bits per heavy atom. The van der Waals surface area contributed by atoms with Gasteiger partial charge in [0.25, 0.3) is 5.91 Å². The Balaban J connectivity index is 1.72. The normalized spacial score (nSPS) is 20.5. The van der Waals surface area contributed by atoms with Crippen molar-refractivity contribution < 1.29 is 18.8 Å². The van der Waals surface area contributed by atoms with Gasteiger partial charge in [-0.3, -0.25) is 14.5 Å². The highest BCUT2D eigenvalue weighted by Crippen LogP contribution is 2.32. The van der Waals surface area contributed by atoms with Crippen molar-refractivity contribution in [3.05, 3.63) is 58.0 Å². The van der Waals surface area contributed by atoms with Crippen molar-refractivity contribution in [3.63, 3.8) is 0 Å². The van der Waals surface area contributed by atoms with Gasteiger partial charge in [-0.25, -0.2) is 9.18 Å². The highest BCUT2D eigenvalue weighted by Gasteiger charge is 2.50. The molecule has 2 heterocycles. The smallest absolute Gasteiger partial charge is 0.325 e. The SMILES string of the molecule is CC(c1ccc(F)cc1)N(C)C(=O)CN1C(=O)NC(C)(c2cccs2)C1=O. The molecule has 2 atom stereocenters. The second kappa shape index (κ2) is 7.11. The third-order valence-corrected chi connectivity index (χ3v) is 6.00. The van der Waals surface area contributed by atoms with Crippen LogP contribution in [0.5, 0.6) is 0 Å². The summed E-state index contributed by atoms with van der Waals surface area (Å²) < 4.78 is 13.1. The number of likely N-dealkylation sites (N-methyl/N-ethyl adjacent to an activating group) is 1. The van der Waals surface area contributed by atoms with E-state index >= 15 is 0 Å². The van der Waals surface area contributed by atoms with Gasteiger partial charge in [-0.15, -0.1) is 11.3 Å². The predicted molar refractivity (Wildman–Crippen MR) is 99.5 cm³/mol. The van der Waals surface area contributed by atoms with Gasteiger partial charge >= 0.3 is 6.03 Å². The number of nitrogens with one attached hydrogen (secondary N) is 1. The fourth-order valence-electron chi connectivity index (χ4n) is 3.00. The molecule has 0 saturated carbocycles. The first-order valence-electron chi connectivity index (χ1n) is 8.43. The van der Waals surface area contributed by atoms with Gasteiger partial charge in [-0.05, 0) is 43.0 Å². The largest absolute Gasteiger partial charge is 0.337 e. The number of imide groups is 1. The van der Waals surface area contributed by atoms with Crippen molar-refractivity contribution in [2.24, 2.45) is 0 Å². The van der Waals surface area contributed by atoms with E-state index < -0.39 is 17.5 Å². The molecule has 1 aromatic heterocycles. The molecule has 6 nitrogen and oxygen atoms in total. The number of carbonyl (C=O) groups is 3. The molecule has 1 aromatic carbocycles. The number of amides is 4. The molecule has 3 rings (SSSR count). The van der Waals surface area contributed by atoms with Crippen molar-refractivity contribution in [1.82, 2.24) is 15.1 Å². The number of benzene rings is 1. The number of nitrogens with zero attached hydrogens (tertiary/aromatic N) is 2. The molecule has 1 N–H and O–H groups in total. The number of halogens is 1. The van der Waals surface area contributed by atoms with E-state index in [-0.39, 0.29) is 24.3 Å². The fourth-order valence-corrected chi connectivity index (χ4v) is 3.83. The van der Waals surface area contributed by atoms with Crippen LogP contribution in [0.3, 0.4) is 0 Å². The molecule has 1 aliphatic heterocycles. The lowest BCUT2D eigenvalue weighted by atomic mass is 10.0. The number of thiophene rings is 1. The lowest BCUT2D eigenvalue weighted by Crippen LogP contribution is -2.43. The number of hydrogen-bond acceptors (Lipinski definition) is 4. The summed E-state index contributed by atoms with van der Waals surface area (Å²) in [5.41, 5.74) is -0.403. The molecule has 1 aliphatic rings. The van der Waals surface area contributed by atoms with Gasteiger partial charge in [0.2, 0.25) is 5.91 Å². The standard InChI is InChI=1S/C19H20FN3O3S/c1-12(13-6-8-14(20)9-7-13)22(3)16(24)11-23-17(25)19(2,21-18(23)26)15-5-4-10-27-15/h4-10,12H,11H2,1-3H3,(H,21,26). The van der Waals surface area contributed by atoms with E-state index in [0.717, 1.165) is 10.5 Å². The van der Waals surface area contributed by atoms with Crippen LogP contribution < -0.4 is 5.32 Å². The van der Waals surface area contributed by atoms with E-state index in [4.69, 9.17) is 0 Å². The zero-order chi connectivity index (χ0) is 19.8. The van der Waals surface area contributed by atoms with Crippen LogP contribution in [0.1, 0.15) is 30.3 Å². The van der Waals surface area contributed by atoms with Gasteiger partial charge in [0, 0.05) is 11.9 Å². The zero-order valence-corrected chi connectivity index (χ0v) is 16.0. The molecule has 4 amide bonds.